The maximum absolute atomic E-state index is 8.02. The summed E-state index contributed by atoms with van der Waals surface area (Å²) in [7, 11) is 0. The molecule has 0 spiro atoms. The Kier molecular flexibility index (Phi) is 0.755. The van der Waals surface area contributed by atoms with Crippen LogP contribution in [-0.4, -0.2) is 12.7 Å². The predicted octanol–water partition coefficient (Wildman–Crippen LogP) is -0.873. The van der Waals surface area contributed by atoms with E-state index < -0.39 is 5.91 Å². The Morgan fingerprint density at radius 3 is 2.29 bits per heavy atom. The number of nitrogens with two attached hydrogens (primary N) is 1. The molecule has 0 aromatic rings. The highest BCUT2D eigenvalue weighted by atomic mass is 16.9. The van der Waals surface area contributed by atoms with E-state index in [-0.39, 0.29) is 6.79 Å². The van der Waals surface area contributed by atoms with Crippen molar-refractivity contribution in [3.8, 4) is 6.07 Å². The Morgan fingerprint density at radius 1 is 1.71 bits per heavy atom. The molecule has 4 nitrogen and oxygen atoms in total. The van der Waals surface area contributed by atoms with Crippen molar-refractivity contribution in [2.24, 2.45) is 5.73 Å². The molecule has 0 atom stereocenters. The lowest BCUT2D eigenvalue weighted by atomic mass is 10.5. The van der Waals surface area contributed by atoms with Crippen molar-refractivity contribution < 1.29 is 9.47 Å². The third-order valence-electron chi connectivity index (χ3n) is 0.703. The minimum absolute atomic E-state index is 0.129. The summed E-state index contributed by atoms with van der Waals surface area (Å²) in [5.41, 5.74) is 5.00. The fourth-order valence-corrected chi connectivity index (χ4v) is 0.250. The average Bonchev–Trinajstić information content (AvgIpc) is 1.61. The molecule has 0 unspecified atom stereocenters. The molecule has 38 valence electrons. The van der Waals surface area contributed by atoms with Gasteiger partial charge in [-0.1, -0.05) is 0 Å². The van der Waals surface area contributed by atoms with Gasteiger partial charge in [0.1, 0.15) is 6.07 Å². The summed E-state index contributed by atoms with van der Waals surface area (Å²) < 4.78 is 8.92. The second-order valence-electron chi connectivity index (χ2n) is 1.19. The standard InChI is InChI=1S/C3H4N2O2/c4-1-3(5)6-2-7-3/h2,5H2. The molecule has 1 heterocycles. The average molecular weight is 100 g/mol. The van der Waals surface area contributed by atoms with Gasteiger partial charge in [0.2, 0.25) is 0 Å². The zero-order chi connectivity index (χ0) is 5.33. The van der Waals surface area contributed by atoms with Crippen LogP contribution in [0.4, 0.5) is 0 Å². The molecule has 0 aromatic carbocycles. The lowest BCUT2D eigenvalue weighted by molar-refractivity contribution is -0.364. The van der Waals surface area contributed by atoms with Crippen LogP contribution >= 0.6 is 0 Å². The lowest BCUT2D eigenvalue weighted by Crippen LogP contribution is -2.53. The molecule has 0 amide bonds. The summed E-state index contributed by atoms with van der Waals surface area (Å²) in [6.45, 7) is 0.129. The quantitative estimate of drug-likeness (QED) is 0.429. The molecule has 1 rings (SSSR count). The first-order chi connectivity index (χ1) is 3.27. The molecular weight excluding hydrogens is 96.0 g/mol. The Hall–Kier alpha value is -0.630. The zero-order valence-electron chi connectivity index (χ0n) is 3.55. The number of nitrogens with zero attached hydrogens (tertiary/aromatic N) is 1. The molecule has 7 heavy (non-hydrogen) atoms. The van der Waals surface area contributed by atoms with E-state index in [0.717, 1.165) is 0 Å². The van der Waals surface area contributed by atoms with Gasteiger partial charge in [0.15, 0.2) is 6.79 Å². The molecule has 0 aromatic heterocycles. The maximum atomic E-state index is 8.02. The molecule has 1 aliphatic rings. The van der Waals surface area contributed by atoms with Crippen molar-refractivity contribution in [3.05, 3.63) is 0 Å². The van der Waals surface area contributed by atoms with Crippen LogP contribution in [0.3, 0.4) is 0 Å². The monoisotopic (exact) mass is 100 g/mol. The van der Waals surface area contributed by atoms with Gasteiger partial charge in [0.05, 0.1) is 0 Å². The van der Waals surface area contributed by atoms with Crippen LogP contribution in [0.2, 0.25) is 0 Å². The van der Waals surface area contributed by atoms with Crippen LogP contribution in [0.1, 0.15) is 0 Å². The summed E-state index contributed by atoms with van der Waals surface area (Å²) in [6.07, 6.45) is 0. The number of hydrogen-bond acceptors (Lipinski definition) is 4. The Balaban J connectivity index is 2.48. The largest absolute Gasteiger partial charge is 0.323 e. The second kappa shape index (κ2) is 1.17. The minimum Gasteiger partial charge on any atom is -0.299 e. The molecule has 1 saturated heterocycles. The second-order valence-corrected chi connectivity index (χ2v) is 1.19. The van der Waals surface area contributed by atoms with Gasteiger partial charge < -0.3 is 0 Å². The molecule has 0 aliphatic carbocycles. The third kappa shape index (κ3) is 0.567. The zero-order valence-corrected chi connectivity index (χ0v) is 3.55. The van der Waals surface area contributed by atoms with Crippen molar-refractivity contribution >= 4 is 0 Å². The van der Waals surface area contributed by atoms with Crippen LogP contribution in [-0.2, 0) is 9.47 Å². The summed E-state index contributed by atoms with van der Waals surface area (Å²) in [5, 5.41) is 8.02. The van der Waals surface area contributed by atoms with Crippen LogP contribution in [0.15, 0.2) is 0 Å². The fraction of sp³-hybridized carbons (Fsp3) is 0.667. The highest BCUT2D eigenvalue weighted by Crippen LogP contribution is 2.13. The first-order valence-electron chi connectivity index (χ1n) is 1.75. The molecule has 1 fully saturated rings. The van der Waals surface area contributed by atoms with Gasteiger partial charge in [-0.3, -0.25) is 15.2 Å². The Bertz CT molecular complexity index is 113. The van der Waals surface area contributed by atoms with E-state index in [1.807, 2.05) is 0 Å². The van der Waals surface area contributed by atoms with E-state index in [2.05, 4.69) is 9.47 Å². The van der Waals surface area contributed by atoms with Crippen molar-refractivity contribution in [2.45, 2.75) is 5.91 Å². The summed E-state index contributed by atoms with van der Waals surface area (Å²) in [4.78, 5) is 0. The number of hydrogen-bond donors (Lipinski definition) is 1. The number of nitriles is 1. The lowest BCUT2D eigenvalue weighted by Gasteiger charge is -2.30. The van der Waals surface area contributed by atoms with Gasteiger partial charge in [0, 0.05) is 0 Å². The predicted molar refractivity (Wildman–Crippen MR) is 19.6 cm³/mol. The van der Waals surface area contributed by atoms with Gasteiger partial charge >= 0.3 is 5.91 Å². The van der Waals surface area contributed by atoms with E-state index in [9.17, 15) is 0 Å². The van der Waals surface area contributed by atoms with Gasteiger partial charge in [-0.05, 0) is 0 Å². The molecule has 0 radical (unpaired) electrons. The first-order valence-corrected chi connectivity index (χ1v) is 1.75. The normalized spacial score (nSPS) is 25.1. The molecule has 1 aliphatic heterocycles. The van der Waals surface area contributed by atoms with Gasteiger partial charge in [-0.15, -0.1) is 0 Å². The van der Waals surface area contributed by atoms with Crippen LogP contribution < -0.4 is 5.73 Å². The molecule has 4 heteroatoms. The van der Waals surface area contributed by atoms with Crippen molar-refractivity contribution in [1.82, 2.24) is 0 Å². The summed E-state index contributed by atoms with van der Waals surface area (Å²) >= 11 is 0. The first kappa shape index (κ1) is 4.53. The summed E-state index contributed by atoms with van der Waals surface area (Å²) in [6, 6.07) is 1.61. The van der Waals surface area contributed by atoms with E-state index >= 15 is 0 Å². The molecule has 0 saturated carbocycles. The van der Waals surface area contributed by atoms with Gasteiger partial charge in [-0.25, -0.2) is 0 Å². The van der Waals surface area contributed by atoms with Crippen molar-refractivity contribution in [2.75, 3.05) is 6.79 Å². The van der Waals surface area contributed by atoms with E-state index in [4.69, 9.17) is 11.0 Å². The molecule has 2 N–H and O–H groups in total. The molecular formula is C3H4N2O2. The van der Waals surface area contributed by atoms with Crippen molar-refractivity contribution in [3.63, 3.8) is 0 Å². The van der Waals surface area contributed by atoms with Crippen molar-refractivity contribution in [1.29, 1.82) is 5.26 Å². The van der Waals surface area contributed by atoms with Crippen LogP contribution in [0.5, 0.6) is 0 Å². The minimum atomic E-state index is -1.43. The van der Waals surface area contributed by atoms with Crippen LogP contribution in [0.25, 0.3) is 0 Å². The summed E-state index contributed by atoms with van der Waals surface area (Å²) in [5.74, 6) is -1.43. The van der Waals surface area contributed by atoms with E-state index in [0.29, 0.717) is 0 Å². The number of ether oxygens (including phenoxy) is 2. The Morgan fingerprint density at radius 2 is 2.29 bits per heavy atom. The SMILES string of the molecule is N#CC1(N)OCO1. The van der Waals surface area contributed by atoms with E-state index in [1.54, 1.807) is 6.07 Å². The highest BCUT2D eigenvalue weighted by Gasteiger charge is 2.35. The van der Waals surface area contributed by atoms with Crippen LogP contribution in [0, 0.1) is 11.3 Å². The Labute approximate surface area is 40.4 Å². The smallest absolute Gasteiger partial charge is 0.299 e. The highest BCUT2D eigenvalue weighted by molar-refractivity contribution is 4.90. The van der Waals surface area contributed by atoms with Gasteiger partial charge in [0.25, 0.3) is 0 Å². The fourth-order valence-electron chi connectivity index (χ4n) is 0.250. The van der Waals surface area contributed by atoms with Gasteiger partial charge in [-0.2, -0.15) is 5.26 Å². The maximum Gasteiger partial charge on any atom is 0.323 e. The number of rotatable bonds is 0. The topological polar surface area (TPSA) is 68.3 Å². The van der Waals surface area contributed by atoms with E-state index in [1.165, 1.54) is 0 Å². The third-order valence-corrected chi connectivity index (χ3v) is 0.703. The molecule has 0 bridgehead atoms.